The van der Waals surface area contributed by atoms with E-state index in [1.54, 1.807) is 14.0 Å². The summed E-state index contributed by atoms with van der Waals surface area (Å²) in [6.07, 6.45) is 0. The quantitative estimate of drug-likeness (QED) is 0.864. The van der Waals surface area contributed by atoms with Crippen LogP contribution >= 0.6 is 36.4 Å². The van der Waals surface area contributed by atoms with Crippen molar-refractivity contribution in [2.45, 2.75) is 19.5 Å². The standard InChI is InChI=1S/C15H22ClN3O2.2ClH/c1-11(17)15(20)19-7-5-18(6-8-19)10-12-9-13(16)3-4-14(12)21-2;;/h3-4,9,11H,5-8,10,17H2,1-2H3;2*1H/t11-;;/m1../s1. The summed E-state index contributed by atoms with van der Waals surface area (Å²) in [6.45, 7) is 5.57. The molecule has 0 aliphatic carbocycles. The Morgan fingerprint density at radius 3 is 2.43 bits per heavy atom. The summed E-state index contributed by atoms with van der Waals surface area (Å²) in [5.74, 6) is 0.864. The second-order valence-electron chi connectivity index (χ2n) is 5.35. The highest BCUT2D eigenvalue weighted by molar-refractivity contribution is 6.30. The summed E-state index contributed by atoms with van der Waals surface area (Å²) in [5.41, 5.74) is 6.71. The lowest BCUT2D eigenvalue weighted by Gasteiger charge is -2.35. The van der Waals surface area contributed by atoms with Gasteiger partial charge in [0.2, 0.25) is 5.91 Å². The molecule has 5 nitrogen and oxygen atoms in total. The summed E-state index contributed by atoms with van der Waals surface area (Å²) >= 11 is 6.05. The fraction of sp³-hybridized carbons (Fsp3) is 0.533. The van der Waals surface area contributed by atoms with Gasteiger partial charge in [0.05, 0.1) is 13.2 Å². The molecule has 0 unspecified atom stereocenters. The maximum atomic E-state index is 11.9. The Hall–Kier alpha value is -0.720. The van der Waals surface area contributed by atoms with Gasteiger partial charge in [-0.1, -0.05) is 11.6 Å². The molecule has 8 heteroatoms. The average molecular weight is 385 g/mol. The molecule has 0 saturated carbocycles. The Labute approximate surface area is 154 Å². The number of ether oxygens (including phenoxy) is 1. The predicted octanol–water partition coefficient (Wildman–Crippen LogP) is 2.18. The van der Waals surface area contributed by atoms with E-state index < -0.39 is 6.04 Å². The van der Waals surface area contributed by atoms with Crippen molar-refractivity contribution in [2.75, 3.05) is 33.3 Å². The molecule has 2 rings (SSSR count). The van der Waals surface area contributed by atoms with E-state index in [9.17, 15) is 4.79 Å². The molecule has 23 heavy (non-hydrogen) atoms. The molecule has 132 valence electrons. The summed E-state index contributed by atoms with van der Waals surface area (Å²) in [5, 5.41) is 0.705. The Morgan fingerprint density at radius 1 is 1.30 bits per heavy atom. The van der Waals surface area contributed by atoms with Gasteiger partial charge in [0.15, 0.2) is 0 Å². The van der Waals surface area contributed by atoms with E-state index >= 15 is 0 Å². The lowest BCUT2D eigenvalue weighted by molar-refractivity contribution is -0.134. The largest absolute Gasteiger partial charge is 0.496 e. The van der Waals surface area contributed by atoms with E-state index in [0.717, 1.165) is 30.9 Å². The van der Waals surface area contributed by atoms with E-state index in [1.807, 2.05) is 23.1 Å². The van der Waals surface area contributed by atoms with E-state index in [0.29, 0.717) is 18.1 Å². The molecule has 1 atom stereocenters. The third-order valence-electron chi connectivity index (χ3n) is 3.71. The zero-order valence-electron chi connectivity index (χ0n) is 13.3. The van der Waals surface area contributed by atoms with E-state index in [1.165, 1.54) is 0 Å². The maximum Gasteiger partial charge on any atom is 0.239 e. The van der Waals surface area contributed by atoms with Crippen LogP contribution in [-0.2, 0) is 11.3 Å². The molecule has 1 amide bonds. The molecule has 1 aliphatic rings. The molecular formula is C15H24Cl3N3O2. The van der Waals surface area contributed by atoms with Crippen molar-refractivity contribution >= 4 is 42.3 Å². The summed E-state index contributed by atoms with van der Waals surface area (Å²) in [4.78, 5) is 16.0. The van der Waals surface area contributed by atoms with Gasteiger partial charge >= 0.3 is 0 Å². The highest BCUT2D eigenvalue weighted by Gasteiger charge is 2.23. The Balaban J connectivity index is 0.00000242. The number of nitrogens with zero attached hydrogens (tertiary/aromatic N) is 2. The summed E-state index contributed by atoms with van der Waals surface area (Å²) in [7, 11) is 1.66. The number of halogens is 3. The van der Waals surface area contributed by atoms with Gasteiger partial charge in [-0.3, -0.25) is 9.69 Å². The Morgan fingerprint density at radius 2 is 1.91 bits per heavy atom. The number of hydrogen-bond donors (Lipinski definition) is 1. The van der Waals surface area contributed by atoms with Crippen molar-refractivity contribution in [1.82, 2.24) is 9.80 Å². The molecular weight excluding hydrogens is 361 g/mol. The van der Waals surface area contributed by atoms with Crippen LogP contribution in [0.15, 0.2) is 18.2 Å². The number of hydrogen-bond acceptors (Lipinski definition) is 4. The summed E-state index contributed by atoms with van der Waals surface area (Å²) < 4.78 is 5.37. The Kier molecular flexibility index (Phi) is 9.89. The van der Waals surface area contributed by atoms with Gasteiger partial charge < -0.3 is 15.4 Å². The van der Waals surface area contributed by atoms with Crippen LogP contribution in [0.5, 0.6) is 5.75 Å². The van der Waals surface area contributed by atoms with Gasteiger partial charge in [0.1, 0.15) is 5.75 Å². The van der Waals surface area contributed by atoms with Crippen LogP contribution in [0.25, 0.3) is 0 Å². The first-order valence-electron chi connectivity index (χ1n) is 7.10. The van der Waals surface area contributed by atoms with Crippen LogP contribution in [0, 0.1) is 0 Å². The van der Waals surface area contributed by atoms with Gasteiger partial charge in [-0.15, -0.1) is 24.8 Å². The molecule has 0 spiro atoms. The van der Waals surface area contributed by atoms with E-state index in [4.69, 9.17) is 22.1 Å². The van der Waals surface area contributed by atoms with Crippen LogP contribution in [-0.4, -0.2) is 55.0 Å². The molecule has 1 saturated heterocycles. The minimum absolute atomic E-state index is 0. The van der Waals surface area contributed by atoms with Crippen molar-refractivity contribution in [3.8, 4) is 5.75 Å². The average Bonchev–Trinajstić information content (AvgIpc) is 2.47. The van der Waals surface area contributed by atoms with Gasteiger partial charge in [0, 0.05) is 43.3 Å². The van der Waals surface area contributed by atoms with Crippen LogP contribution in [0.4, 0.5) is 0 Å². The van der Waals surface area contributed by atoms with Crippen molar-refractivity contribution in [3.05, 3.63) is 28.8 Å². The molecule has 1 aromatic carbocycles. The van der Waals surface area contributed by atoms with E-state index in [-0.39, 0.29) is 30.7 Å². The minimum atomic E-state index is -0.426. The zero-order chi connectivity index (χ0) is 15.4. The molecule has 1 fully saturated rings. The molecule has 1 aliphatic heterocycles. The SMILES string of the molecule is COc1ccc(Cl)cc1CN1CCN(C(=O)[C@@H](C)N)CC1.Cl.Cl. The third-order valence-corrected chi connectivity index (χ3v) is 3.94. The topological polar surface area (TPSA) is 58.8 Å². The van der Waals surface area contributed by atoms with Gasteiger partial charge in [0.25, 0.3) is 0 Å². The maximum absolute atomic E-state index is 11.9. The highest BCUT2D eigenvalue weighted by atomic mass is 35.5. The zero-order valence-corrected chi connectivity index (χ0v) is 15.7. The van der Waals surface area contributed by atoms with Crippen LogP contribution < -0.4 is 10.5 Å². The smallest absolute Gasteiger partial charge is 0.239 e. The van der Waals surface area contributed by atoms with Crippen LogP contribution in [0.3, 0.4) is 0 Å². The number of carbonyl (C=O) groups excluding carboxylic acids is 1. The number of carbonyl (C=O) groups is 1. The molecule has 1 heterocycles. The Bertz CT molecular complexity index is 507. The molecule has 0 radical (unpaired) electrons. The van der Waals surface area contributed by atoms with Crippen molar-refractivity contribution in [1.29, 1.82) is 0 Å². The fourth-order valence-electron chi connectivity index (χ4n) is 2.53. The lowest BCUT2D eigenvalue weighted by Crippen LogP contribution is -2.52. The number of piperazine rings is 1. The molecule has 1 aromatic rings. The van der Waals surface area contributed by atoms with Crippen LogP contribution in [0.1, 0.15) is 12.5 Å². The minimum Gasteiger partial charge on any atom is -0.496 e. The van der Waals surface area contributed by atoms with Crippen molar-refractivity contribution < 1.29 is 9.53 Å². The second kappa shape index (κ2) is 10.2. The van der Waals surface area contributed by atoms with Gasteiger partial charge in [-0.05, 0) is 25.1 Å². The molecule has 0 bridgehead atoms. The third kappa shape index (κ3) is 6.01. The van der Waals surface area contributed by atoms with Crippen molar-refractivity contribution in [3.63, 3.8) is 0 Å². The number of rotatable bonds is 4. The number of methoxy groups -OCH3 is 1. The summed E-state index contributed by atoms with van der Waals surface area (Å²) in [6, 6.07) is 5.21. The van der Waals surface area contributed by atoms with Gasteiger partial charge in [-0.2, -0.15) is 0 Å². The lowest BCUT2D eigenvalue weighted by atomic mass is 10.1. The normalized spacial score (nSPS) is 16.1. The van der Waals surface area contributed by atoms with Gasteiger partial charge in [-0.25, -0.2) is 0 Å². The first-order valence-corrected chi connectivity index (χ1v) is 7.48. The first-order chi connectivity index (χ1) is 10.0. The van der Waals surface area contributed by atoms with Crippen LogP contribution in [0.2, 0.25) is 5.02 Å². The first kappa shape index (κ1) is 22.3. The number of benzene rings is 1. The van der Waals surface area contributed by atoms with E-state index in [2.05, 4.69) is 4.90 Å². The predicted molar refractivity (Wildman–Crippen MR) is 98.0 cm³/mol. The second-order valence-corrected chi connectivity index (χ2v) is 5.78. The number of nitrogens with two attached hydrogens (primary N) is 1. The highest BCUT2D eigenvalue weighted by Crippen LogP contribution is 2.24. The molecule has 0 aromatic heterocycles. The van der Waals surface area contributed by atoms with Crippen molar-refractivity contribution in [2.24, 2.45) is 5.73 Å². The fourth-order valence-corrected chi connectivity index (χ4v) is 2.72. The molecule has 2 N–H and O–H groups in total. The monoisotopic (exact) mass is 383 g/mol. The number of amides is 1.